The molecule has 10 aromatic rings. The van der Waals surface area contributed by atoms with Crippen LogP contribution >= 0.6 is 0 Å². The number of fused-ring (bicyclic) bond motifs is 7. The molecule has 1 heterocycles. The maximum Gasteiger partial charge on any atom is 0.0568 e. The van der Waals surface area contributed by atoms with Gasteiger partial charge in [0.25, 0.3) is 0 Å². The van der Waals surface area contributed by atoms with Gasteiger partial charge in [-0.15, -0.1) is 0 Å². The molecule has 0 radical (unpaired) electrons. The number of benzene rings is 9. The fourth-order valence-electron chi connectivity index (χ4n) is 9.68. The average molecular weight is 743 g/mol. The van der Waals surface area contributed by atoms with Gasteiger partial charge in [0, 0.05) is 45.9 Å². The topological polar surface area (TPSA) is 8.17 Å². The maximum absolute atomic E-state index is 2.42. The molecule has 1 aliphatic rings. The molecule has 0 saturated heterocycles. The summed E-state index contributed by atoms with van der Waals surface area (Å²) in [5.41, 5.74) is 17.2. The second-order valence-corrected chi connectivity index (χ2v) is 16.2. The van der Waals surface area contributed by atoms with Crippen molar-refractivity contribution in [2.75, 3.05) is 4.90 Å². The third-order valence-corrected chi connectivity index (χ3v) is 12.6. The third kappa shape index (κ3) is 5.33. The third-order valence-electron chi connectivity index (χ3n) is 12.6. The minimum absolute atomic E-state index is 0.105. The standard InChI is InChI=1S/C56H42N2/c1-56(2)51-20-12-11-19-48(51)49-34-32-46(36-52(49)56)58(44-28-23-39(24-29-44)37-13-5-4-6-14-37)45-30-25-41(26-31-45)53-50-33-27-40-16-9-10-18-47(40)55(50)57(3)54(53)43-22-21-38-15-7-8-17-42(38)35-43/h4-36H,1-3H3. The highest BCUT2D eigenvalue weighted by Gasteiger charge is 2.35. The van der Waals surface area contributed by atoms with E-state index in [-0.39, 0.29) is 5.41 Å². The van der Waals surface area contributed by atoms with Crippen LogP contribution in [0.1, 0.15) is 25.0 Å². The molecule has 0 amide bonds. The first-order valence-corrected chi connectivity index (χ1v) is 20.2. The number of aromatic nitrogens is 1. The van der Waals surface area contributed by atoms with Crippen molar-refractivity contribution < 1.29 is 0 Å². The normalized spacial score (nSPS) is 12.9. The van der Waals surface area contributed by atoms with E-state index in [1.54, 1.807) is 0 Å². The summed E-state index contributed by atoms with van der Waals surface area (Å²) in [6.45, 7) is 4.71. The molecule has 0 bridgehead atoms. The second kappa shape index (κ2) is 13.2. The smallest absolute Gasteiger partial charge is 0.0568 e. The van der Waals surface area contributed by atoms with Crippen LogP contribution in [0.4, 0.5) is 17.1 Å². The average Bonchev–Trinajstić information content (AvgIpc) is 3.71. The van der Waals surface area contributed by atoms with Gasteiger partial charge in [-0.05, 0) is 103 Å². The van der Waals surface area contributed by atoms with Gasteiger partial charge in [-0.1, -0.05) is 172 Å². The summed E-state index contributed by atoms with van der Waals surface area (Å²) in [5, 5.41) is 6.25. The molecule has 9 aromatic carbocycles. The Balaban J connectivity index is 1.08. The zero-order valence-corrected chi connectivity index (χ0v) is 32.9. The van der Waals surface area contributed by atoms with E-state index in [0.29, 0.717) is 0 Å². The summed E-state index contributed by atoms with van der Waals surface area (Å²) in [5.74, 6) is 0. The molecular formula is C56H42N2. The Kier molecular flexibility index (Phi) is 7.78. The maximum atomic E-state index is 2.42. The Hall–Kier alpha value is -7.16. The van der Waals surface area contributed by atoms with Gasteiger partial charge in [0.15, 0.2) is 0 Å². The molecule has 2 heteroatoms. The minimum atomic E-state index is -0.105. The van der Waals surface area contributed by atoms with E-state index >= 15 is 0 Å². The summed E-state index contributed by atoms with van der Waals surface area (Å²) in [6.07, 6.45) is 0. The van der Waals surface area contributed by atoms with Gasteiger partial charge < -0.3 is 9.47 Å². The van der Waals surface area contributed by atoms with Crippen molar-refractivity contribution in [3.05, 3.63) is 211 Å². The number of aryl methyl sites for hydroxylation is 1. The number of rotatable bonds is 6. The number of nitrogens with zero attached hydrogens (tertiary/aromatic N) is 2. The number of anilines is 3. The van der Waals surface area contributed by atoms with Crippen molar-refractivity contribution in [3.8, 4) is 44.6 Å². The Morgan fingerprint density at radius 1 is 0.397 bits per heavy atom. The van der Waals surface area contributed by atoms with Gasteiger partial charge in [0.2, 0.25) is 0 Å². The van der Waals surface area contributed by atoms with Crippen molar-refractivity contribution in [1.29, 1.82) is 0 Å². The Morgan fingerprint density at radius 3 is 1.74 bits per heavy atom. The number of hydrogen-bond donors (Lipinski definition) is 0. The molecule has 0 N–H and O–H groups in total. The summed E-state index contributed by atoms with van der Waals surface area (Å²) in [4.78, 5) is 2.42. The lowest BCUT2D eigenvalue weighted by molar-refractivity contribution is 0.660. The largest absolute Gasteiger partial charge is 0.343 e. The molecule has 0 saturated carbocycles. The van der Waals surface area contributed by atoms with Gasteiger partial charge in [-0.3, -0.25) is 0 Å². The SMILES string of the molecule is Cn1c(-c2ccc3ccccc3c2)c(-c2ccc(N(c3ccc(-c4ccccc4)cc3)c3ccc4c(c3)C(C)(C)c3ccccc3-4)cc2)c2ccc3ccccc3c21. The summed E-state index contributed by atoms with van der Waals surface area (Å²) >= 11 is 0. The molecule has 1 aliphatic carbocycles. The van der Waals surface area contributed by atoms with E-state index < -0.39 is 0 Å². The molecule has 276 valence electrons. The molecule has 1 aromatic heterocycles. The van der Waals surface area contributed by atoms with Gasteiger partial charge >= 0.3 is 0 Å². The molecule has 0 aliphatic heterocycles. The van der Waals surface area contributed by atoms with Crippen LogP contribution in [0.2, 0.25) is 0 Å². The van der Waals surface area contributed by atoms with E-state index in [4.69, 9.17) is 0 Å². The van der Waals surface area contributed by atoms with Gasteiger partial charge in [-0.25, -0.2) is 0 Å². The highest BCUT2D eigenvalue weighted by molar-refractivity contribution is 6.15. The highest BCUT2D eigenvalue weighted by Crippen LogP contribution is 2.51. The van der Waals surface area contributed by atoms with Crippen molar-refractivity contribution >= 4 is 49.5 Å². The predicted octanol–water partition coefficient (Wildman–Crippen LogP) is 15.3. The Morgan fingerprint density at radius 2 is 0.966 bits per heavy atom. The Labute approximate surface area is 339 Å². The van der Waals surface area contributed by atoms with Crippen LogP contribution in [0, 0.1) is 0 Å². The van der Waals surface area contributed by atoms with E-state index in [2.05, 4.69) is 231 Å². The zero-order valence-electron chi connectivity index (χ0n) is 32.9. The quantitative estimate of drug-likeness (QED) is 0.165. The first-order chi connectivity index (χ1) is 28.4. The van der Waals surface area contributed by atoms with E-state index in [1.807, 2.05) is 0 Å². The fourth-order valence-corrected chi connectivity index (χ4v) is 9.68. The van der Waals surface area contributed by atoms with Crippen LogP contribution in [-0.2, 0) is 12.5 Å². The lowest BCUT2D eigenvalue weighted by atomic mass is 9.82. The molecule has 11 rings (SSSR count). The summed E-state index contributed by atoms with van der Waals surface area (Å²) < 4.78 is 2.41. The minimum Gasteiger partial charge on any atom is -0.343 e. The van der Waals surface area contributed by atoms with Gasteiger partial charge in [0.1, 0.15) is 0 Å². The van der Waals surface area contributed by atoms with E-state index in [9.17, 15) is 0 Å². The summed E-state index contributed by atoms with van der Waals surface area (Å²) in [6, 6.07) is 73.7. The van der Waals surface area contributed by atoms with E-state index in [0.717, 1.165) is 17.1 Å². The lowest BCUT2D eigenvalue weighted by Gasteiger charge is -2.28. The van der Waals surface area contributed by atoms with Crippen LogP contribution in [-0.4, -0.2) is 4.57 Å². The lowest BCUT2D eigenvalue weighted by Crippen LogP contribution is -2.16. The van der Waals surface area contributed by atoms with Crippen molar-refractivity contribution in [2.45, 2.75) is 19.3 Å². The van der Waals surface area contributed by atoms with Crippen LogP contribution < -0.4 is 4.90 Å². The molecule has 2 nitrogen and oxygen atoms in total. The first kappa shape index (κ1) is 34.1. The van der Waals surface area contributed by atoms with Gasteiger partial charge in [0.05, 0.1) is 11.2 Å². The van der Waals surface area contributed by atoms with Crippen LogP contribution in [0.3, 0.4) is 0 Å². The molecule has 0 atom stereocenters. The Bertz CT molecular complexity index is 3190. The molecule has 0 fully saturated rings. The summed E-state index contributed by atoms with van der Waals surface area (Å²) in [7, 11) is 2.23. The van der Waals surface area contributed by atoms with Crippen LogP contribution in [0.25, 0.3) is 77.1 Å². The second-order valence-electron chi connectivity index (χ2n) is 16.2. The van der Waals surface area contributed by atoms with E-state index in [1.165, 1.54) is 88.2 Å². The number of hydrogen-bond acceptors (Lipinski definition) is 1. The molecule has 58 heavy (non-hydrogen) atoms. The van der Waals surface area contributed by atoms with Crippen LogP contribution in [0.15, 0.2) is 200 Å². The van der Waals surface area contributed by atoms with Crippen molar-refractivity contribution in [2.24, 2.45) is 7.05 Å². The van der Waals surface area contributed by atoms with Gasteiger partial charge in [-0.2, -0.15) is 0 Å². The van der Waals surface area contributed by atoms with Crippen molar-refractivity contribution in [1.82, 2.24) is 4.57 Å². The fraction of sp³-hybridized carbons (Fsp3) is 0.0714. The predicted molar refractivity (Wildman–Crippen MR) is 246 cm³/mol. The monoisotopic (exact) mass is 742 g/mol. The highest BCUT2D eigenvalue weighted by atomic mass is 15.1. The van der Waals surface area contributed by atoms with Crippen LogP contribution in [0.5, 0.6) is 0 Å². The molecule has 0 unspecified atom stereocenters. The first-order valence-electron chi connectivity index (χ1n) is 20.2. The molecular weight excluding hydrogens is 701 g/mol. The zero-order chi connectivity index (χ0) is 39.0. The van der Waals surface area contributed by atoms with Crippen molar-refractivity contribution in [3.63, 3.8) is 0 Å². The molecule has 0 spiro atoms.